The number of halogens is 3. The first kappa shape index (κ1) is 14.8. The van der Waals surface area contributed by atoms with Gasteiger partial charge in [0.15, 0.2) is 0 Å². The Morgan fingerprint density at radius 1 is 1.19 bits per heavy atom. The minimum atomic E-state index is -4.30. The average molecular weight is 300 g/mol. The van der Waals surface area contributed by atoms with Crippen molar-refractivity contribution in [3.05, 3.63) is 35.4 Å². The highest BCUT2D eigenvalue weighted by molar-refractivity contribution is 5.28. The molecular weight excluding hydrogens is 281 g/mol. The zero-order chi connectivity index (χ0) is 15.0. The first-order valence-electron chi connectivity index (χ1n) is 7.25. The van der Waals surface area contributed by atoms with Crippen LogP contribution in [0.2, 0.25) is 0 Å². The van der Waals surface area contributed by atoms with Crippen molar-refractivity contribution in [2.75, 3.05) is 19.7 Å². The summed E-state index contributed by atoms with van der Waals surface area (Å²) in [5, 5.41) is 0. The molecule has 1 saturated carbocycles. The number of morpholine rings is 1. The van der Waals surface area contributed by atoms with Gasteiger partial charge in [0.1, 0.15) is 0 Å². The van der Waals surface area contributed by atoms with E-state index < -0.39 is 11.7 Å². The Hall–Kier alpha value is -1.11. The van der Waals surface area contributed by atoms with E-state index in [0.29, 0.717) is 19.2 Å². The summed E-state index contributed by atoms with van der Waals surface area (Å²) in [6, 6.07) is 5.87. The van der Waals surface area contributed by atoms with Crippen molar-refractivity contribution in [3.63, 3.8) is 0 Å². The zero-order valence-corrected chi connectivity index (χ0v) is 11.6. The van der Waals surface area contributed by atoms with E-state index in [0.717, 1.165) is 37.1 Å². The minimum Gasteiger partial charge on any atom is -0.374 e. The summed E-state index contributed by atoms with van der Waals surface area (Å²) in [4.78, 5) is 2.34. The lowest BCUT2D eigenvalue weighted by Gasteiger charge is -2.41. The van der Waals surface area contributed by atoms with Crippen LogP contribution in [0.25, 0.3) is 0 Å². The van der Waals surface area contributed by atoms with E-state index in [-0.39, 0.29) is 12.1 Å². The van der Waals surface area contributed by atoms with Gasteiger partial charge >= 0.3 is 6.18 Å². The molecule has 0 bridgehead atoms. The second-order valence-electron chi connectivity index (χ2n) is 5.68. The van der Waals surface area contributed by atoms with E-state index in [2.05, 4.69) is 4.90 Å². The Balaban J connectivity index is 1.87. The third kappa shape index (κ3) is 3.07. The van der Waals surface area contributed by atoms with E-state index >= 15 is 0 Å². The Bertz CT molecular complexity index is 485. The summed E-state index contributed by atoms with van der Waals surface area (Å²) in [7, 11) is 0. The molecule has 2 unspecified atom stereocenters. The molecule has 1 aliphatic heterocycles. The second-order valence-corrected chi connectivity index (χ2v) is 5.68. The van der Waals surface area contributed by atoms with Gasteiger partial charge in [-0.05, 0) is 30.5 Å². The molecule has 0 aromatic heterocycles. The molecule has 0 spiro atoms. The highest BCUT2D eigenvalue weighted by Gasteiger charge is 2.41. The quantitative estimate of drug-likeness (QED) is 0.932. The standard InChI is InChI=1S/C15H19F3N2O/c16-15(17,18)11-3-1-10(2-4-11)14-13(9-19)21-8-7-20(14)12-5-6-12/h1-4,12-14H,5-9,19H2. The van der Waals surface area contributed by atoms with Gasteiger partial charge in [-0.2, -0.15) is 13.2 Å². The van der Waals surface area contributed by atoms with Crippen molar-refractivity contribution < 1.29 is 17.9 Å². The smallest absolute Gasteiger partial charge is 0.374 e. The van der Waals surface area contributed by atoms with Crippen molar-refractivity contribution in [3.8, 4) is 0 Å². The van der Waals surface area contributed by atoms with Crippen LogP contribution >= 0.6 is 0 Å². The molecule has 2 N–H and O–H groups in total. The van der Waals surface area contributed by atoms with Crippen molar-refractivity contribution in [2.45, 2.75) is 37.2 Å². The molecule has 3 nitrogen and oxygen atoms in total. The molecule has 1 aromatic carbocycles. The maximum atomic E-state index is 12.7. The molecule has 2 aliphatic rings. The minimum absolute atomic E-state index is 0.0430. The van der Waals surface area contributed by atoms with E-state index in [9.17, 15) is 13.2 Å². The van der Waals surface area contributed by atoms with Gasteiger partial charge in [-0.15, -0.1) is 0 Å². The van der Waals surface area contributed by atoms with Crippen LogP contribution in [0.1, 0.15) is 30.0 Å². The molecule has 1 heterocycles. The van der Waals surface area contributed by atoms with Gasteiger partial charge in [0, 0.05) is 19.1 Å². The first-order valence-corrected chi connectivity index (χ1v) is 7.25. The summed E-state index contributed by atoms with van der Waals surface area (Å²) in [5.41, 5.74) is 6.01. The third-order valence-electron chi connectivity index (χ3n) is 4.22. The van der Waals surface area contributed by atoms with Crippen molar-refractivity contribution in [2.24, 2.45) is 5.73 Å². The SMILES string of the molecule is NCC1OCCN(C2CC2)C1c1ccc(C(F)(F)F)cc1. The Morgan fingerprint density at radius 2 is 1.86 bits per heavy atom. The number of benzene rings is 1. The van der Waals surface area contributed by atoms with E-state index in [4.69, 9.17) is 10.5 Å². The van der Waals surface area contributed by atoms with Crippen LogP contribution in [-0.2, 0) is 10.9 Å². The summed E-state index contributed by atoms with van der Waals surface area (Å²) in [5.74, 6) is 0. The van der Waals surface area contributed by atoms with Crippen LogP contribution < -0.4 is 5.73 Å². The molecule has 0 amide bonds. The van der Waals surface area contributed by atoms with Crippen LogP contribution in [0.3, 0.4) is 0 Å². The molecule has 1 aromatic rings. The molecule has 21 heavy (non-hydrogen) atoms. The van der Waals surface area contributed by atoms with Gasteiger partial charge in [-0.3, -0.25) is 4.90 Å². The van der Waals surface area contributed by atoms with Crippen LogP contribution in [-0.4, -0.2) is 36.7 Å². The van der Waals surface area contributed by atoms with Crippen LogP contribution in [0, 0.1) is 0 Å². The fourth-order valence-corrected chi connectivity index (χ4v) is 3.04. The Kier molecular flexibility index (Phi) is 3.94. The molecule has 6 heteroatoms. The van der Waals surface area contributed by atoms with Gasteiger partial charge in [0.25, 0.3) is 0 Å². The summed E-state index contributed by atoms with van der Waals surface area (Å²) < 4.78 is 43.7. The van der Waals surface area contributed by atoms with Gasteiger partial charge in [0.05, 0.1) is 24.3 Å². The van der Waals surface area contributed by atoms with Gasteiger partial charge < -0.3 is 10.5 Å². The molecule has 116 valence electrons. The summed E-state index contributed by atoms with van der Waals surface area (Å²) >= 11 is 0. The van der Waals surface area contributed by atoms with Crippen molar-refractivity contribution in [1.82, 2.24) is 4.90 Å². The van der Waals surface area contributed by atoms with Crippen LogP contribution in [0.15, 0.2) is 24.3 Å². The monoisotopic (exact) mass is 300 g/mol. The van der Waals surface area contributed by atoms with E-state index in [1.165, 1.54) is 0 Å². The van der Waals surface area contributed by atoms with Gasteiger partial charge in [0.2, 0.25) is 0 Å². The number of alkyl halides is 3. The lowest BCUT2D eigenvalue weighted by Crippen LogP contribution is -2.49. The average Bonchev–Trinajstić information content (AvgIpc) is 3.30. The second kappa shape index (κ2) is 5.59. The van der Waals surface area contributed by atoms with Crippen molar-refractivity contribution in [1.29, 1.82) is 0 Å². The lowest BCUT2D eigenvalue weighted by atomic mass is 9.96. The fraction of sp³-hybridized carbons (Fsp3) is 0.600. The maximum Gasteiger partial charge on any atom is 0.416 e. The number of ether oxygens (including phenoxy) is 1. The highest BCUT2D eigenvalue weighted by Crippen LogP contribution is 2.39. The molecule has 2 fully saturated rings. The Labute approximate surface area is 121 Å². The summed E-state index contributed by atoms with van der Waals surface area (Å²) in [6.07, 6.45) is -2.16. The molecule has 1 saturated heterocycles. The van der Waals surface area contributed by atoms with Crippen molar-refractivity contribution >= 4 is 0 Å². The number of nitrogens with two attached hydrogens (primary N) is 1. The number of hydrogen-bond donors (Lipinski definition) is 1. The molecule has 1 aliphatic carbocycles. The number of rotatable bonds is 3. The number of hydrogen-bond acceptors (Lipinski definition) is 3. The normalized spacial score (nSPS) is 27.8. The van der Waals surface area contributed by atoms with Gasteiger partial charge in [-0.1, -0.05) is 12.1 Å². The predicted molar refractivity (Wildman–Crippen MR) is 72.7 cm³/mol. The molecule has 0 radical (unpaired) electrons. The molecule has 3 rings (SSSR count). The van der Waals surface area contributed by atoms with Crippen LogP contribution in [0.5, 0.6) is 0 Å². The first-order chi connectivity index (χ1) is 10.0. The van der Waals surface area contributed by atoms with E-state index in [1.807, 2.05) is 0 Å². The predicted octanol–water partition coefficient (Wildman–Crippen LogP) is 2.57. The molecular formula is C15H19F3N2O. The highest BCUT2D eigenvalue weighted by atomic mass is 19.4. The Morgan fingerprint density at radius 3 is 2.38 bits per heavy atom. The number of nitrogens with zero attached hydrogens (tertiary/aromatic N) is 1. The van der Waals surface area contributed by atoms with Gasteiger partial charge in [-0.25, -0.2) is 0 Å². The topological polar surface area (TPSA) is 38.5 Å². The fourth-order valence-electron chi connectivity index (χ4n) is 3.04. The largest absolute Gasteiger partial charge is 0.416 e. The third-order valence-corrected chi connectivity index (χ3v) is 4.22. The summed E-state index contributed by atoms with van der Waals surface area (Å²) in [6.45, 7) is 1.82. The molecule has 2 atom stereocenters. The van der Waals surface area contributed by atoms with Crippen LogP contribution in [0.4, 0.5) is 13.2 Å². The zero-order valence-electron chi connectivity index (χ0n) is 11.6. The lowest BCUT2D eigenvalue weighted by molar-refractivity contribution is -0.137. The van der Waals surface area contributed by atoms with E-state index in [1.54, 1.807) is 12.1 Å². The maximum absolute atomic E-state index is 12.7.